The fourth-order valence-corrected chi connectivity index (χ4v) is 9.92. The Morgan fingerprint density at radius 1 is 0.959 bits per heavy atom. The Bertz CT molecular complexity index is 1550. The average Bonchev–Trinajstić information content (AvgIpc) is 3.53. The number of hydrazine groups is 1. The number of allylic oxidation sites excluding steroid dienone is 3. The Morgan fingerprint density at radius 3 is 2.35 bits per heavy atom. The van der Waals surface area contributed by atoms with Gasteiger partial charge in [0.1, 0.15) is 17.6 Å². The SMILES string of the molecule is CC(C)[C@@H](C)/C=C/[C@@H](C)[C@@H]1CC[C@@H]2/C(=C/[C@@]3(C)C4=C(CC[C@H](OC(=O)C(C)(C)C)C4)CN4C(=O)[C@@H](c5ccccc5)C(=O)N43)CCC[C@@]21C. The highest BCUT2D eigenvalue weighted by Gasteiger charge is 2.58. The number of fused-ring (bicyclic) bond motifs is 2. The van der Waals surface area contributed by atoms with E-state index in [0.717, 1.165) is 43.2 Å². The van der Waals surface area contributed by atoms with Crippen LogP contribution in [0.15, 0.2) is 65.3 Å². The lowest BCUT2D eigenvalue weighted by Crippen LogP contribution is -2.60. The summed E-state index contributed by atoms with van der Waals surface area (Å²) in [6.07, 6.45) is 14.9. The third kappa shape index (κ3) is 6.35. The Hall–Kier alpha value is -3.15. The maximum atomic E-state index is 14.6. The zero-order chi connectivity index (χ0) is 35.5. The number of amides is 2. The van der Waals surface area contributed by atoms with Crippen molar-refractivity contribution in [1.29, 1.82) is 0 Å². The van der Waals surface area contributed by atoms with E-state index in [1.807, 2.05) is 56.1 Å². The summed E-state index contributed by atoms with van der Waals surface area (Å²) in [5.74, 6) is 1.42. The highest BCUT2D eigenvalue weighted by Crippen LogP contribution is 2.60. The largest absolute Gasteiger partial charge is 0.462 e. The number of nitrogens with zero attached hydrogens (tertiary/aromatic N) is 2. The van der Waals surface area contributed by atoms with Crippen molar-refractivity contribution in [2.24, 2.45) is 40.4 Å². The number of ether oxygens (including phenoxy) is 1. The van der Waals surface area contributed by atoms with E-state index in [9.17, 15) is 14.4 Å². The van der Waals surface area contributed by atoms with E-state index < -0.39 is 16.9 Å². The van der Waals surface area contributed by atoms with Crippen LogP contribution in [-0.4, -0.2) is 46.0 Å². The Balaban J connectivity index is 1.39. The lowest BCUT2D eigenvalue weighted by molar-refractivity contribution is -0.161. The molecule has 49 heavy (non-hydrogen) atoms. The molecule has 6 nitrogen and oxygen atoms in total. The maximum Gasteiger partial charge on any atom is 0.311 e. The second kappa shape index (κ2) is 13.2. The van der Waals surface area contributed by atoms with Gasteiger partial charge in [0.2, 0.25) is 0 Å². The van der Waals surface area contributed by atoms with Gasteiger partial charge in [0, 0.05) is 6.42 Å². The zero-order valence-corrected chi connectivity index (χ0v) is 31.6. The van der Waals surface area contributed by atoms with Crippen molar-refractivity contribution in [2.45, 2.75) is 131 Å². The van der Waals surface area contributed by atoms with Gasteiger partial charge in [-0.3, -0.25) is 14.4 Å². The van der Waals surface area contributed by atoms with E-state index in [0.29, 0.717) is 42.6 Å². The topological polar surface area (TPSA) is 66.9 Å². The van der Waals surface area contributed by atoms with Gasteiger partial charge in [0.15, 0.2) is 0 Å². The van der Waals surface area contributed by atoms with Gasteiger partial charge in [0.05, 0.1) is 12.0 Å². The van der Waals surface area contributed by atoms with Crippen LogP contribution < -0.4 is 0 Å². The quantitative estimate of drug-likeness (QED) is 0.165. The first-order valence-corrected chi connectivity index (χ1v) is 19.1. The highest BCUT2D eigenvalue weighted by molar-refractivity contribution is 6.11. The summed E-state index contributed by atoms with van der Waals surface area (Å²) in [5.41, 5.74) is 3.34. The number of rotatable bonds is 7. The fourth-order valence-electron chi connectivity index (χ4n) is 9.92. The van der Waals surface area contributed by atoms with E-state index in [1.54, 1.807) is 5.01 Å². The van der Waals surface area contributed by atoms with E-state index in [4.69, 9.17) is 4.74 Å². The molecule has 1 aromatic rings. The van der Waals surface area contributed by atoms with Crippen LogP contribution >= 0.6 is 0 Å². The molecular formula is C43H60N2O4. The summed E-state index contributed by atoms with van der Waals surface area (Å²) in [6.45, 7) is 20.1. The van der Waals surface area contributed by atoms with Crippen molar-refractivity contribution in [3.8, 4) is 0 Å². The normalized spacial score (nSPS) is 34.0. The molecule has 2 amide bonds. The van der Waals surface area contributed by atoms with Gasteiger partial charge in [0.25, 0.3) is 11.8 Å². The second-order valence-electron chi connectivity index (χ2n) is 17.8. The molecule has 0 unspecified atom stereocenters. The van der Waals surface area contributed by atoms with Gasteiger partial charge in [-0.25, -0.2) is 10.0 Å². The minimum atomic E-state index is -0.844. The molecule has 1 aromatic carbocycles. The lowest BCUT2D eigenvalue weighted by Gasteiger charge is -2.51. The Labute approximate surface area is 295 Å². The van der Waals surface area contributed by atoms with E-state index in [1.165, 1.54) is 24.0 Å². The minimum absolute atomic E-state index is 0.140. The van der Waals surface area contributed by atoms with Gasteiger partial charge < -0.3 is 4.74 Å². The van der Waals surface area contributed by atoms with E-state index >= 15 is 0 Å². The van der Waals surface area contributed by atoms with Gasteiger partial charge in [-0.05, 0) is 124 Å². The molecule has 0 N–H and O–H groups in total. The molecule has 3 fully saturated rings. The summed E-state index contributed by atoms with van der Waals surface area (Å²) < 4.78 is 6.13. The summed E-state index contributed by atoms with van der Waals surface area (Å²) in [6, 6.07) is 9.52. The van der Waals surface area contributed by atoms with Crippen molar-refractivity contribution in [3.63, 3.8) is 0 Å². The minimum Gasteiger partial charge on any atom is -0.462 e. The van der Waals surface area contributed by atoms with Crippen molar-refractivity contribution in [3.05, 3.63) is 70.8 Å². The number of benzene rings is 1. The summed E-state index contributed by atoms with van der Waals surface area (Å²) >= 11 is 0. The molecule has 0 aromatic heterocycles. The molecule has 6 rings (SSSR count). The monoisotopic (exact) mass is 668 g/mol. The number of hydrogen-bond acceptors (Lipinski definition) is 4. The molecule has 266 valence electrons. The first-order valence-electron chi connectivity index (χ1n) is 19.1. The van der Waals surface area contributed by atoms with Gasteiger partial charge in [-0.1, -0.05) is 88.8 Å². The number of hydrogen-bond donors (Lipinski definition) is 0. The summed E-state index contributed by atoms with van der Waals surface area (Å²) in [7, 11) is 0. The van der Waals surface area contributed by atoms with Gasteiger partial charge >= 0.3 is 5.97 Å². The number of carbonyl (C=O) groups excluding carboxylic acids is 3. The zero-order valence-electron chi connectivity index (χ0n) is 31.6. The molecule has 2 heterocycles. The third-order valence-electron chi connectivity index (χ3n) is 13.1. The molecule has 0 bridgehead atoms. The molecule has 5 aliphatic rings. The fraction of sp³-hybridized carbons (Fsp3) is 0.651. The molecule has 3 aliphatic carbocycles. The molecule has 8 atom stereocenters. The number of carbonyl (C=O) groups is 3. The smallest absolute Gasteiger partial charge is 0.311 e. The molecule has 2 saturated carbocycles. The summed E-state index contributed by atoms with van der Waals surface area (Å²) in [4.78, 5) is 41.8. The Kier molecular flexibility index (Phi) is 9.60. The van der Waals surface area contributed by atoms with Crippen LogP contribution in [0, 0.1) is 40.4 Å². The van der Waals surface area contributed by atoms with Crippen LogP contribution in [0.2, 0.25) is 0 Å². The maximum absolute atomic E-state index is 14.6. The van der Waals surface area contributed by atoms with Crippen molar-refractivity contribution in [1.82, 2.24) is 10.0 Å². The predicted molar refractivity (Wildman–Crippen MR) is 195 cm³/mol. The number of esters is 1. The van der Waals surface area contributed by atoms with E-state index in [2.05, 4.69) is 59.8 Å². The van der Waals surface area contributed by atoms with Crippen molar-refractivity contribution >= 4 is 17.8 Å². The van der Waals surface area contributed by atoms with Crippen LogP contribution in [0.4, 0.5) is 0 Å². The standard InChI is InChI=1S/C43H60N2O4/c1-27(2)28(3)17-18-29(4)34-21-22-35-31(16-13-23-42(34,35)8)25-43(9)36-24-33(49-40(48)41(5,6)7)20-19-32(36)26-44-38(46)37(39(47)45(43)44)30-14-11-10-12-15-30/h10-12,14-15,17-18,25,27-29,33-35,37H,13,16,19-24,26H2,1-9H3/b18-17+,31-25+/t28-,29+,33-,34-,35+,37+,42+,43-/m0/s1. The predicted octanol–water partition coefficient (Wildman–Crippen LogP) is 9.19. The molecular weight excluding hydrogens is 608 g/mol. The van der Waals surface area contributed by atoms with E-state index in [-0.39, 0.29) is 29.3 Å². The van der Waals surface area contributed by atoms with Crippen LogP contribution in [0.3, 0.4) is 0 Å². The van der Waals surface area contributed by atoms with Crippen LogP contribution in [0.25, 0.3) is 0 Å². The van der Waals surface area contributed by atoms with Gasteiger partial charge in [-0.2, -0.15) is 0 Å². The average molecular weight is 669 g/mol. The third-order valence-corrected chi connectivity index (χ3v) is 13.1. The molecule has 1 saturated heterocycles. The van der Waals surface area contributed by atoms with Crippen molar-refractivity contribution in [2.75, 3.05) is 6.54 Å². The van der Waals surface area contributed by atoms with Crippen LogP contribution in [0.5, 0.6) is 0 Å². The first-order chi connectivity index (χ1) is 23.1. The summed E-state index contributed by atoms with van der Waals surface area (Å²) in [5, 5.41) is 3.56. The van der Waals surface area contributed by atoms with Crippen LogP contribution in [-0.2, 0) is 19.1 Å². The molecule has 6 heteroatoms. The van der Waals surface area contributed by atoms with Crippen molar-refractivity contribution < 1.29 is 19.1 Å². The first kappa shape index (κ1) is 35.7. The Morgan fingerprint density at radius 2 is 1.67 bits per heavy atom. The molecule has 0 radical (unpaired) electrons. The lowest BCUT2D eigenvalue weighted by atomic mass is 9.60. The molecule has 2 aliphatic heterocycles. The van der Waals surface area contributed by atoms with Gasteiger partial charge in [-0.15, -0.1) is 0 Å². The highest BCUT2D eigenvalue weighted by atomic mass is 16.5. The molecule has 0 spiro atoms. The second-order valence-corrected chi connectivity index (χ2v) is 17.8. The van der Waals surface area contributed by atoms with Crippen LogP contribution in [0.1, 0.15) is 125 Å².